The number of fused-ring (bicyclic) bond motifs is 12. The van der Waals surface area contributed by atoms with Gasteiger partial charge >= 0.3 is 0 Å². The molecule has 12 unspecified atom stereocenters. The van der Waals surface area contributed by atoms with Crippen LogP contribution >= 0.6 is 0 Å². The first-order valence-electron chi connectivity index (χ1n) is 44.7. The van der Waals surface area contributed by atoms with Crippen LogP contribution in [0.4, 0.5) is 0 Å². The highest BCUT2D eigenvalue weighted by Gasteiger charge is 2.52. The SMILES string of the molecule is C.C.C.CC(C)C.CC(C)C.CC(C)C.CC(C)C.CC1=CN=C(c2ccc(CC(=O)C(C)C)cc2)C2C3CCC(C3)C12.CC1=CN=C(c2ccc(CC(=O)C(C)C)cc2)C2CCCCCCC12.CC1=CN=C(c2ccc(CC(C)C)cc2)C2C3CCC(C3)C12.CC1=CN=C(c2ccc(CC(C)C)cc2)C2CCCCCCC12. The number of benzene rings is 4. The van der Waals surface area contributed by atoms with E-state index in [2.05, 4.69) is 260 Å². The molecule has 0 N–H and O–H groups in total. The Labute approximate surface area is 696 Å². The smallest absolute Gasteiger partial charge is 0.139 e. The summed E-state index contributed by atoms with van der Waals surface area (Å²) in [6.45, 7) is 52.1. The zero-order valence-corrected chi connectivity index (χ0v) is 74.3. The number of hydrogen-bond donors (Lipinski definition) is 0. The van der Waals surface area contributed by atoms with E-state index in [1.54, 1.807) is 0 Å². The van der Waals surface area contributed by atoms with E-state index in [0.717, 1.165) is 88.6 Å². The van der Waals surface area contributed by atoms with Crippen molar-refractivity contribution in [1.29, 1.82) is 0 Å². The minimum atomic E-state index is 0. The van der Waals surface area contributed by atoms with Crippen molar-refractivity contribution in [2.24, 2.45) is 138 Å². The molecular formula is C107H168N4O2. The first-order chi connectivity index (χ1) is 52.3. The number of aliphatic imine (C=N–C) groups is 4. The van der Waals surface area contributed by atoms with Crippen molar-refractivity contribution in [3.8, 4) is 0 Å². The van der Waals surface area contributed by atoms with E-state index in [1.165, 1.54) is 201 Å². The van der Waals surface area contributed by atoms with Crippen LogP contribution in [0.25, 0.3) is 0 Å². The van der Waals surface area contributed by atoms with Gasteiger partial charge < -0.3 is 0 Å². The summed E-state index contributed by atoms with van der Waals surface area (Å²) in [7, 11) is 0. The maximum absolute atomic E-state index is 12.0. The Hall–Kier alpha value is -6.14. The molecule has 10 aliphatic rings. The van der Waals surface area contributed by atoms with Crippen LogP contribution in [0.1, 0.15) is 349 Å². The minimum absolute atomic E-state index is 0. The maximum atomic E-state index is 12.0. The fourth-order valence-corrected chi connectivity index (χ4v) is 18.9. The zero-order valence-electron chi connectivity index (χ0n) is 74.3. The number of ketones is 2. The molecule has 4 aromatic rings. The lowest BCUT2D eigenvalue weighted by molar-refractivity contribution is -0.122. The molecule has 6 heteroatoms. The summed E-state index contributed by atoms with van der Waals surface area (Å²) in [5.41, 5.74) is 21.5. The second kappa shape index (κ2) is 49.2. The standard InChI is InChI=1S/C23H31NO.C22H27NO.C22H31N.C21H27N.4C4H10.3CH4/c1-16(2)22(25)14-18-10-12-19(13-11-18)23-21-9-7-5-4-6-8-20(21)17(3)15-24-23;1-13(2)19(24)10-15-4-6-16(7-5-15)22-21-18-9-8-17(11-18)20(21)14(3)12-23-22;1-16(2)14-18-10-12-19(13-11-18)22-21-9-7-5-4-6-8-20(21)17(3)15-23-22;1-13(2)10-15-4-6-16(7-5-15)21-20-18-9-8-17(11-18)19(20)14(3)12-22-21;4*1-4(2)3;;;/h10-13,15-16,20-21H,4-9,14H2,1-3H3;4-7,12-13,17-18,20-21H,8-11H2,1-3H3;10-13,15-16,20-21H,4-9,14H2,1-3H3;4-7,12-13,17-20H,8-11H2,1-3H3;4*4H,1-3H3;3*1H4. The Bertz CT molecular complexity index is 3690. The molecule has 628 valence electrons. The molecule has 14 rings (SSSR count). The third-order valence-electron chi connectivity index (χ3n) is 23.9. The lowest BCUT2D eigenvalue weighted by atomic mass is 9.71. The topological polar surface area (TPSA) is 83.6 Å². The number of nitrogens with zero attached hydrogens (tertiary/aromatic N) is 4. The molecule has 0 spiro atoms. The highest BCUT2D eigenvalue weighted by molar-refractivity contribution is 6.06. The van der Waals surface area contributed by atoms with Crippen molar-refractivity contribution in [1.82, 2.24) is 0 Å². The predicted molar refractivity (Wildman–Crippen MR) is 498 cm³/mol. The Morgan fingerprint density at radius 1 is 0.292 bits per heavy atom. The summed E-state index contributed by atoms with van der Waals surface area (Å²) in [4.78, 5) is 43.4. The van der Waals surface area contributed by atoms with Crippen molar-refractivity contribution in [3.05, 3.63) is 189 Å². The number of carbonyl (C=O) groups is 2. The van der Waals surface area contributed by atoms with Crippen LogP contribution in [0.15, 0.2) is 164 Å². The normalized spacial score (nSPS) is 24.7. The van der Waals surface area contributed by atoms with Crippen LogP contribution < -0.4 is 0 Å². The molecule has 0 amide bonds. The van der Waals surface area contributed by atoms with E-state index in [-0.39, 0.29) is 34.1 Å². The van der Waals surface area contributed by atoms with E-state index in [1.807, 2.05) is 27.7 Å². The van der Waals surface area contributed by atoms with Crippen molar-refractivity contribution in [2.45, 2.75) is 330 Å². The van der Waals surface area contributed by atoms with E-state index in [9.17, 15) is 9.59 Å². The predicted octanol–water partition coefficient (Wildman–Crippen LogP) is 30.6. The van der Waals surface area contributed by atoms with Crippen LogP contribution in [0.2, 0.25) is 0 Å². The summed E-state index contributed by atoms with van der Waals surface area (Å²) in [6, 6.07) is 35.6. The van der Waals surface area contributed by atoms with Crippen LogP contribution in [-0.2, 0) is 35.3 Å². The van der Waals surface area contributed by atoms with Gasteiger partial charge in [-0.3, -0.25) is 29.6 Å². The molecule has 6 fully saturated rings. The molecule has 4 aromatic carbocycles. The highest BCUT2D eigenvalue weighted by Crippen LogP contribution is 2.58. The number of rotatable bonds is 14. The quantitative estimate of drug-likeness (QED) is 0.126. The Balaban J connectivity index is 0.000000295. The fraction of sp³-hybridized carbons (Fsp3) is 0.645. The monoisotopic (exact) mass is 1540 g/mol. The second-order valence-corrected chi connectivity index (χ2v) is 39.2. The van der Waals surface area contributed by atoms with Gasteiger partial charge in [0.1, 0.15) is 11.6 Å². The molecule has 0 radical (unpaired) electrons. The van der Waals surface area contributed by atoms with Crippen molar-refractivity contribution < 1.29 is 9.59 Å². The van der Waals surface area contributed by atoms with Gasteiger partial charge in [0, 0.05) is 73.1 Å². The number of Topliss-reactive ketones (excluding diaryl/α,β-unsaturated/α-hetero) is 2. The summed E-state index contributed by atoms with van der Waals surface area (Å²) in [6.07, 6.45) is 36.5. The molecule has 6 saturated carbocycles. The first kappa shape index (κ1) is 99.2. The third kappa shape index (κ3) is 30.4. The van der Waals surface area contributed by atoms with Crippen LogP contribution in [-0.4, -0.2) is 34.4 Å². The van der Waals surface area contributed by atoms with Gasteiger partial charge in [0.15, 0.2) is 0 Å². The maximum Gasteiger partial charge on any atom is 0.139 e. The molecular weight excluding hydrogens is 1370 g/mol. The average Bonchev–Trinajstić information content (AvgIpc) is 1.60. The van der Waals surface area contributed by atoms with Gasteiger partial charge in [-0.05, 0) is 232 Å². The molecule has 6 nitrogen and oxygen atoms in total. The summed E-state index contributed by atoms with van der Waals surface area (Å²) in [5.74, 6) is 14.5. The summed E-state index contributed by atoms with van der Waals surface area (Å²) < 4.78 is 0. The number of allylic oxidation sites excluding steroid dienone is 4. The van der Waals surface area contributed by atoms with Gasteiger partial charge in [-0.25, -0.2) is 0 Å². The zero-order chi connectivity index (χ0) is 80.5. The largest absolute Gasteiger partial charge is 0.299 e. The van der Waals surface area contributed by atoms with Gasteiger partial charge in [-0.2, -0.15) is 0 Å². The second-order valence-electron chi connectivity index (χ2n) is 39.2. The Kier molecular flexibility index (Phi) is 43.2. The highest BCUT2D eigenvalue weighted by atomic mass is 16.1. The molecule has 0 aromatic heterocycles. The lowest BCUT2D eigenvalue weighted by Gasteiger charge is -2.35. The van der Waals surface area contributed by atoms with E-state index in [0.29, 0.717) is 59.9 Å². The molecule has 12 atom stereocenters. The van der Waals surface area contributed by atoms with Crippen molar-refractivity contribution in [2.75, 3.05) is 0 Å². The third-order valence-corrected chi connectivity index (χ3v) is 23.9. The van der Waals surface area contributed by atoms with Gasteiger partial charge in [-0.1, -0.05) is 331 Å². The Morgan fingerprint density at radius 3 is 0.788 bits per heavy atom. The summed E-state index contributed by atoms with van der Waals surface area (Å²) in [5, 5.41) is 0. The molecule has 4 bridgehead atoms. The molecule has 4 heterocycles. The van der Waals surface area contributed by atoms with Gasteiger partial charge in [0.25, 0.3) is 0 Å². The molecule has 6 aliphatic carbocycles. The molecule has 4 aliphatic heterocycles. The van der Waals surface area contributed by atoms with Crippen LogP contribution in [0.5, 0.6) is 0 Å². The van der Waals surface area contributed by atoms with Gasteiger partial charge in [-0.15, -0.1) is 0 Å². The number of carbonyl (C=O) groups excluding carboxylic acids is 2. The average molecular weight is 1540 g/mol. The van der Waals surface area contributed by atoms with E-state index in [4.69, 9.17) is 20.0 Å². The van der Waals surface area contributed by atoms with Crippen LogP contribution in [0, 0.1) is 118 Å². The minimum Gasteiger partial charge on any atom is -0.299 e. The molecule has 113 heavy (non-hydrogen) atoms. The van der Waals surface area contributed by atoms with Crippen molar-refractivity contribution in [3.63, 3.8) is 0 Å². The van der Waals surface area contributed by atoms with E-state index >= 15 is 0 Å². The first-order valence-corrected chi connectivity index (χ1v) is 44.7. The molecule has 0 saturated heterocycles. The lowest BCUT2D eigenvalue weighted by Crippen LogP contribution is -2.33. The summed E-state index contributed by atoms with van der Waals surface area (Å²) >= 11 is 0. The fourth-order valence-electron chi connectivity index (χ4n) is 18.9. The van der Waals surface area contributed by atoms with Gasteiger partial charge in [0.2, 0.25) is 0 Å². The van der Waals surface area contributed by atoms with Gasteiger partial charge in [0.05, 0.1) is 22.8 Å². The van der Waals surface area contributed by atoms with E-state index < -0.39 is 0 Å². The van der Waals surface area contributed by atoms with Crippen LogP contribution in [0.3, 0.4) is 0 Å². The number of hydrogen-bond acceptors (Lipinski definition) is 6. The Morgan fingerprint density at radius 2 is 0.522 bits per heavy atom. The van der Waals surface area contributed by atoms with Crippen molar-refractivity contribution >= 4 is 34.4 Å².